The first-order valence-corrected chi connectivity index (χ1v) is 4.65. The van der Waals surface area contributed by atoms with Gasteiger partial charge in [-0.2, -0.15) is 0 Å². The molecule has 14 heavy (non-hydrogen) atoms. The molecule has 2 N–H and O–H groups in total. The fraction of sp³-hybridized carbons (Fsp3) is 0.0769. The lowest BCUT2D eigenvalue weighted by Crippen LogP contribution is -1.95. The highest BCUT2D eigenvalue weighted by Crippen LogP contribution is 2.19. The summed E-state index contributed by atoms with van der Waals surface area (Å²) in [6, 6.07) is 19.2. The summed E-state index contributed by atoms with van der Waals surface area (Å²) < 4.78 is 0. The summed E-state index contributed by atoms with van der Waals surface area (Å²) >= 11 is 0. The van der Waals surface area contributed by atoms with E-state index in [0.29, 0.717) is 6.54 Å². The van der Waals surface area contributed by atoms with E-state index in [2.05, 4.69) is 30.3 Å². The van der Waals surface area contributed by atoms with Crippen LogP contribution in [-0.4, -0.2) is 0 Å². The Labute approximate surface area is 84.2 Å². The van der Waals surface area contributed by atoms with Crippen LogP contribution in [-0.2, 0) is 6.54 Å². The maximum absolute atomic E-state index is 5.59. The third-order valence-corrected chi connectivity index (χ3v) is 2.21. The Hall–Kier alpha value is -1.60. The minimum absolute atomic E-state index is 0.590. The molecule has 1 nitrogen and oxygen atoms in total. The van der Waals surface area contributed by atoms with Gasteiger partial charge in [0, 0.05) is 6.54 Å². The highest BCUT2D eigenvalue weighted by molar-refractivity contribution is 5.63. The largest absolute Gasteiger partial charge is 0.326 e. The number of rotatable bonds is 2. The second kappa shape index (κ2) is 4.07. The number of benzene rings is 2. The average Bonchev–Trinajstić information content (AvgIpc) is 2.30. The third-order valence-electron chi connectivity index (χ3n) is 2.21. The zero-order valence-electron chi connectivity index (χ0n) is 7.90. The van der Waals surface area contributed by atoms with Crippen LogP contribution in [0, 0.1) is 6.07 Å². The Kier molecular flexibility index (Phi) is 2.61. The van der Waals surface area contributed by atoms with Crippen LogP contribution in [0.5, 0.6) is 0 Å². The van der Waals surface area contributed by atoms with Crippen LogP contribution in [0.15, 0.2) is 48.5 Å². The van der Waals surface area contributed by atoms with Gasteiger partial charge in [0.05, 0.1) is 0 Å². The molecule has 0 aliphatic carbocycles. The van der Waals surface area contributed by atoms with Crippen LogP contribution in [0.4, 0.5) is 0 Å². The van der Waals surface area contributed by atoms with Crippen molar-refractivity contribution < 1.29 is 0 Å². The molecular formula is C13H12N. The molecule has 0 aliphatic rings. The quantitative estimate of drug-likeness (QED) is 0.759. The Morgan fingerprint density at radius 2 is 1.79 bits per heavy atom. The summed E-state index contributed by atoms with van der Waals surface area (Å²) in [5, 5.41) is 0. The zero-order valence-corrected chi connectivity index (χ0v) is 7.90. The second-order valence-corrected chi connectivity index (χ2v) is 3.19. The van der Waals surface area contributed by atoms with Crippen molar-refractivity contribution in [1.82, 2.24) is 0 Å². The van der Waals surface area contributed by atoms with Crippen molar-refractivity contribution in [3.8, 4) is 11.1 Å². The van der Waals surface area contributed by atoms with Gasteiger partial charge in [0.15, 0.2) is 0 Å². The number of hydrogen-bond donors (Lipinski definition) is 1. The Balaban J connectivity index is 2.42. The molecule has 0 aliphatic heterocycles. The van der Waals surface area contributed by atoms with Gasteiger partial charge in [-0.3, -0.25) is 0 Å². The van der Waals surface area contributed by atoms with Crippen molar-refractivity contribution in [2.75, 3.05) is 0 Å². The molecule has 0 amide bonds. The summed E-state index contributed by atoms with van der Waals surface area (Å²) in [7, 11) is 0. The van der Waals surface area contributed by atoms with E-state index in [4.69, 9.17) is 5.73 Å². The lowest BCUT2D eigenvalue weighted by atomic mass is 10.0. The van der Waals surface area contributed by atoms with Crippen molar-refractivity contribution in [3.05, 3.63) is 60.2 Å². The van der Waals surface area contributed by atoms with Gasteiger partial charge in [0.2, 0.25) is 0 Å². The van der Waals surface area contributed by atoms with Gasteiger partial charge in [-0.05, 0) is 28.8 Å². The van der Waals surface area contributed by atoms with Crippen LogP contribution in [0.3, 0.4) is 0 Å². The van der Waals surface area contributed by atoms with Crippen LogP contribution in [0.1, 0.15) is 5.56 Å². The van der Waals surface area contributed by atoms with Crippen LogP contribution < -0.4 is 5.73 Å². The lowest BCUT2D eigenvalue weighted by Gasteiger charge is -2.03. The lowest BCUT2D eigenvalue weighted by molar-refractivity contribution is 1.07. The summed E-state index contributed by atoms with van der Waals surface area (Å²) in [5.74, 6) is 0. The first kappa shape index (κ1) is 8.97. The fourth-order valence-electron chi connectivity index (χ4n) is 1.46. The Bertz CT molecular complexity index is 407. The smallest absolute Gasteiger partial charge is 0.0178 e. The second-order valence-electron chi connectivity index (χ2n) is 3.19. The van der Waals surface area contributed by atoms with Gasteiger partial charge in [0.1, 0.15) is 0 Å². The van der Waals surface area contributed by atoms with E-state index < -0.39 is 0 Å². The van der Waals surface area contributed by atoms with Gasteiger partial charge in [0.25, 0.3) is 0 Å². The van der Waals surface area contributed by atoms with Gasteiger partial charge in [-0.15, -0.1) is 0 Å². The summed E-state index contributed by atoms with van der Waals surface area (Å²) in [5.41, 5.74) is 9.17. The molecule has 0 spiro atoms. The zero-order chi connectivity index (χ0) is 9.80. The Morgan fingerprint density at radius 1 is 1.00 bits per heavy atom. The molecule has 69 valence electrons. The summed E-state index contributed by atoms with van der Waals surface area (Å²) in [6.07, 6.45) is 0. The van der Waals surface area contributed by atoms with Gasteiger partial charge in [-0.1, -0.05) is 42.5 Å². The molecule has 0 saturated heterocycles. The Morgan fingerprint density at radius 3 is 2.50 bits per heavy atom. The maximum Gasteiger partial charge on any atom is 0.0178 e. The molecule has 1 heteroatoms. The van der Waals surface area contributed by atoms with E-state index in [1.54, 1.807) is 0 Å². The molecule has 0 unspecified atom stereocenters. The first-order valence-electron chi connectivity index (χ1n) is 4.65. The number of nitrogens with two attached hydrogens (primary N) is 1. The molecule has 2 aromatic carbocycles. The summed E-state index contributed by atoms with van der Waals surface area (Å²) in [6.45, 7) is 0.590. The van der Waals surface area contributed by atoms with Crippen molar-refractivity contribution in [1.29, 1.82) is 0 Å². The van der Waals surface area contributed by atoms with Crippen molar-refractivity contribution in [2.24, 2.45) is 5.73 Å². The molecule has 0 bridgehead atoms. The van der Waals surface area contributed by atoms with E-state index in [1.807, 2.05) is 24.3 Å². The SMILES string of the molecule is NCc1cccc(-c2cc[c]cc2)c1. The highest BCUT2D eigenvalue weighted by atomic mass is 14.5. The minimum Gasteiger partial charge on any atom is -0.326 e. The molecule has 0 saturated carbocycles. The van der Waals surface area contributed by atoms with Gasteiger partial charge < -0.3 is 5.73 Å². The average molecular weight is 182 g/mol. The van der Waals surface area contributed by atoms with E-state index >= 15 is 0 Å². The maximum atomic E-state index is 5.59. The highest BCUT2D eigenvalue weighted by Gasteiger charge is 1.96. The van der Waals surface area contributed by atoms with E-state index in [0.717, 1.165) is 5.56 Å². The first-order chi connectivity index (χ1) is 6.90. The molecule has 2 aromatic rings. The van der Waals surface area contributed by atoms with Gasteiger partial charge in [-0.25, -0.2) is 0 Å². The van der Waals surface area contributed by atoms with Crippen molar-refractivity contribution >= 4 is 0 Å². The van der Waals surface area contributed by atoms with E-state index in [-0.39, 0.29) is 0 Å². The van der Waals surface area contributed by atoms with Gasteiger partial charge >= 0.3 is 0 Å². The summed E-state index contributed by atoms with van der Waals surface area (Å²) in [4.78, 5) is 0. The topological polar surface area (TPSA) is 26.0 Å². The van der Waals surface area contributed by atoms with E-state index in [9.17, 15) is 0 Å². The number of hydrogen-bond acceptors (Lipinski definition) is 1. The molecule has 2 rings (SSSR count). The standard InChI is InChI=1S/C13H12N/c14-10-11-5-4-8-13(9-11)12-6-2-1-3-7-12/h2-9H,10,14H2. The molecular weight excluding hydrogens is 170 g/mol. The minimum atomic E-state index is 0.590. The molecule has 0 fully saturated rings. The fourth-order valence-corrected chi connectivity index (χ4v) is 1.46. The van der Waals surface area contributed by atoms with Crippen LogP contribution in [0.25, 0.3) is 11.1 Å². The predicted octanol–water partition coefficient (Wildman–Crippen LogP) is 2.61. The third kappa shape index (κ3) is 1.83. The molecule has 1 radical (unpaired) electrons. The van der Waals surface area contributed by atoms with E-state index in [1.165, 1.54) is 11.1 Å². The van der Waals surface area contributed by atoms with Crippen LogP contribution in [0.2, 0.25) is 0 Å². The normalized spacial score (nSPS) is 10.1. The molecule has 0 aromatic heterocycles. The monoisotopic (exact) mass is 182 g/mol. The van der Waals surface area contributed by atoms with Crippen LogP contribution >= 0.6 is 0 Å². The van der Waals surface area contributed by atoms with Crippen molar-refractivity contribution in [3.63, 3.8) is 0 Å². The molecule has 0 heterocycles. The van der Waals surface area contributed by atoms with Crippen molar-refractivity contribution in [2.45, 2.75) is 6.54 Å². The molecule has 0 atom stereocenters. The predicted molar refractivity (Wildman–Crippen MR) is 58.6 cm³/mol.